The summed E-state index contributed by atoms with van der Waals surface area (Å²) in [7, 11) is 5.19. The van der Waals surface area contributed by atoms with E-state index in [1.165, 1.54) is 4.90 Å². The Labute approximate surface area is 192 Å². The van der Waals surface area contributed by atoms with Crippen LogP contribution in [-0.2, 0) is 14.3 Å². The van der Waals surface area contributed by atoms with Crippen molar-refractivity contribution in [1.29, 1.82) is 0 Å². The highest BCUT2D eigenvalue weighted by Crippen LogP contribution is 2.50. The highest BCUT2D eigenvalue weighted by atomic mass is 16.6. The number of aryl methyl sites for hydroxylation is 3. The molecule has 1 saturated carbocycles. The second-order valence-electron chi connectivity index (χ2n) is 9.67. The molecule has 1 aromatic rings. The van der Waals surface area contributed by atoms with E-state index in [4.69, 9.17) is 9.47 Å². The zero-order chi connectivity index (χ0) is 23.6. The number of hydrogen-bond acceptors (Lipinski definition) is 4. The molecule has 32 heavy (non-hydrogen) atoms. The first-order valence-corrected chi connectivity index (χ1v) is 11.7. The summed E-state index contributed by atoms with van der Waals surface area (Å²) in [4.78, 5) is 29.7. The van der Waals surface area contributed by atoms with Gasteiger partial charge in [-0.05, 0) is 69.1 Å². The minimum absolute atomic E-state index is 0.0725. The predicted molar refractivity (Wildman–Crippen MR) is 126 cm³/mol. The Kier molecular flexibility index (Phi) is 7.33. The molecule has 0 N–H and O–H groups in total. The summed E-state index contributed by atoms with van der Waals surface area (Å²) in [6.07, 6.45) is 4.07. The van der Waals surface area contributed by atoms with Gasteiger partial charge in [0.2, 0.25) is 0 Å². The van der Waals surface area contributed by atoms with Crippen LogP contribution in [0.1, 0.15) is 61.3 Å². The van der Waals surface area contributed by atoms with Crippen LogP contribution < -0.4 is 0 Å². The first kappa shape index (κ1) is 24.3. The van der Waals surface area contributed by atoms with E-state index in [0.29, 0.717) is 23.9 Å². The van der Waals surface area contributed by atoms with Crippen LogP contribution in [0.4, 0.5) is 4.79 Å². The maximum absolute atomic E-state index is 13.7. The fourth-order valence-electron chi connectivity index (χ4n) is 5.38. The molecule has 0 saturated heterocycles. The van der Waals surface area contributed by atoms with E-state index in [1.54, 1.807) is 14.1 Å². The van der Waals surface area contributed by atoms with Gasteiger partial charge in [0.1, 0.15) is 11.3 Å². The molecule has 6 nitrogen and oxygen atoms in total. The van der Waals surface area contributed by atoms with Gasteiger partial charge in [-0.1, -0.05) is 31.0 Å². The third-order valence-corrected chi connectivity index (χ3v) is 6.82. The molecule has 0 bridgehead atoms. The quantitative estimate of drug-likeness (QED) is 0.591. The maximum Gasteiger partial charge on any atom is 0.414 e. The van der Waals surface area contributed by atoms with Gasteiger partial charge in [0.15, 0.2) is 0 Å². The Morgan fingerprint density at radius 2 is 1.88 bits per heavy atom. The van der Waals surface area contributed by atoms with Gasteiger partial charge in [0, 0.05) is 34.4 Å². The van der Waals surface area contributed by atoms with Crippen molar-refractivity contribution in [3.63, 3.8) is 0 Å². The topological polar surface area (TPSA) is 59.1 Å². The molecule has 176 valence electrons. The molecule has 2 aliphatic rings. The van der Waals surface area contributed by atoms with Crippen molar-refractivity contribution < 1.29 is 19.1 Å². The molecule has 1 spiro atoms. The fourth-order valence-corrected chi connectivity index (χ4v) is 5.38. The molecule has 0 radical (unpaired) electrons. The third-order valence-electron chi connectivity index (χ3n) is 6.82. The average Bonchev–Trinajstić information content (AvgIpc) is 2.90. The number of nitrogens with zero attached hydrogens (tertiary/aromatic N) is 2. The number of hydrogen-bond donors (Lipinski definition) is 0. The summed E-state index contributed by atoms with van der Waals surface area (Å²) < 4.78 is 11.9. The van der Waals surface area contributed by atoms with Gasteiger partial charge in [0.25, 0.3) is 5.91 Å². The van der Waals surface area contributed by atoms with Gasteiger partial charge in [-0.2, -0.15) is 0 Å². The van der Waals surface area contributed by atoms with Gasteiger partial charge < -0.3 is 19.3 Å². The molecule has 6 heteroatoms. The maximum atomic E-state index is 13.7. The van der Waals surface area contributed by atoms with Crippen molar-refractivity contribution in [2.75, 3.05) is 34.4 Å². The van der Waals surface area contributed by atoms with E-state index in [9.17, 15) is 9.59 Å². The lowest BCUT2D eigenvalue weighted by Gasteiger charge is -2.43. The Morgan fingerprint density at radius 1 is 1.22 bits per heavy atom. The SMILES string of the molecule is CCCOCC1CCCC2(C1)C(OC(=O)N(C)C)=C(c1c(C)cc(C)cc1C)C(=O)N2C. The number of amides is 2. The van der Waals surface area contributed by atoms with Crippen LogP contribution in [0.5, 0.6) is 0 Å². The average molecular weight is 443 g/mol. The second kappa shape index (κ2) is 9.65. The lowest BCUT2D eigenvalue weighted by molar-refractivity contribution is -0.128. The molecule has 1 aliphatic carbocycles. The zero-order valence-electron chi connectivity index (χ0n) is 20.7. The molecule has 1 aliphatic heterocycles. The van der Waals surface area contributed by atoms with Crippen LogP contribution in [0, 0.1) is 26.7 Å². The molecule has 1 fully saturated rings. The number of benzene rings is 1. The Bertz CT molecular complexity index is 897. The standard InChI is InChI=1S/C26H38N2O4/c1-8-12-31-16-20-10-9-11-26(15-20)23(32-25(30)27(5)6)22(24(29)28(26)7)21-18(3)13-17(2)14-19(21)4/h13-14,20H,8-12,15-16H2,1-7H3. The van der Waals surface area contributed by atoms with Gasteiger partial charge >= 0.3 is 6.09 Å². The van der Waals surface area contributed by atoms with Crippen LogP contribution in [0.2, 0.25) is 0 Å². The van der Waals surface area contributed by atoms with Crippen LogP contribution in [-0.4, -0.2) is 61.7 Å². The predicted octanol–water partition coefficient (Wildman–Crippen LogP) is 4.85. The van der Waals surface area contributed by atoms with Crippen LogP contribution >= 0.6 is 0 Å². The van der Waals surface area contributed by atoms with Crippen LogP contribution in [0.15, 0.2) is 17.9 Å². The fraction of sp³-hybridized carbons (Fsp3) is 0.615. The molecule has 2 unspecified atom stereocenters. The first-order valence-electron chi connectivity index (χ1n) is 11.7. The lowest BCUT2D eigenvalue weighted by atomic mass is 9.74. The first-order chi connectivity index (χ1) is 15.1. The van der Waals surface area contributed by atoms with Gasteiger partial charge in [-0.15, -0.1) is 0 Å². The minimum Gasteiger partial charge on any atom is -0.411 e. The van der Waals surface area contributed by atoms with E-state index >= 15 is 0 Å². The summed E-state index contributed by atoms with van der Waals surface area (Å²) in [5.74, 6) is 0.758. The molecule has 2 atom stereocenters. The molecule has 1 heterocycles. The Morgan fingerprint density at radius 3 is 2.47 bits per heavy atom. The van der Waals surface area contributed by atoms with E-state index < -0.39 is 11.6 Å². The Balaban J connectivity index is 2.14. The van der Waals surface area contributed by atoms with Crippen LogP contribution in [0.25, 0.3) is 5.57 Å². The van der Waals surface area contributed by atoms with E-state index in [0.717, 1.165) is 61.0 Å². The third kappa shape index (κ3) is 4.42. The molecular formula is C26H38N2O4. The van der Waals surface area contributed by atoms with Crippen molar-refractivity contribution in [2.45, 2.75) is 65.3 Å². The second-order valence-corrected chi connectivity index (χ2v) is 9.67. The van der Waals surface area contributed by atoms with Gasteiger partial charge in [-0.25, -0.2) is 4.79 Å². The molecule has 0 aromatic heterocycles. The van der Waals surface area contributed by atoms with Crippen LogP contribution in [0.3, 0.4) is 0 Å². The Hall–Kier alpha value is -2.34. The highest BCUT2D eigenvalue weighted by molar-refractivity contribution is 6.24. The molecule has 2 amide bonds. The molecule has 3 rings (SSSR count). The summed E-state index contributed by atoms with van der Waals surface area (Å²) in [6.45, 7) is 9.61. The summed E-state index contributed by atoms with van der Waals surface area (Å²) in [5.41, 5.74) is 3.99. The van der Waals surface area contributed by atoms with Crippen molar-refractivity contribution in [2.24, 2.45) is 5.92 Å². The molecular weight excluding hydrogens is 404 g/mol. The monoisotopic (exact) mass is 442 g/mol. The van der Waals surface area contributed by atoms with Gasteiger partial charge in [0.05, 0.1) is 5.57 Å². The van der Waals surface area contributed by atoms with Crippen molar-refractivity contribution in [1.82, 2.24) is 9.80 Å². The molecule has 1 aromatic carbocycles. The normalized spacial score (nSPS) is 23.3. The van der Waals surface area contributed by atoms with E-state index in [1.807, 2.05) is 25.8 Å². The number of rotatable bonds is 6. The minimum atomic E-state index is -0.625. The number of carbonyl (C=O) groups excluding carboxylic acids is 2. The van der Waals surface area contributed by atoms with E-state index in [-0.39, 0.29) is 5.91 Å². The smallest absolute Gasteiger partial charge is 0.411 e. The highest BCUT2D eigenvalue weighted by Gasteiger charge is 2.54. The largest absolute Gasteiger partial charge is 0.414 e. The van der Waals surface area contributed by atoms with E-state index in [2.05, 4.69) is 26.0 Å². The number of carbonyl (C=O) groups is 2. The van der Waals surface area contributed by atoms with Crippen molar-refractivity contribution >= 4 is 17.6 Å². The number of ether oxygens (including phenoxy) is 2. The van der Waals surface area contributed by atoms with Gasteiger partial charge in [-0.3, -0.25) is 4.79 Å². The lowest BCUT2D eigenvalue weighted by Crippen LogP contribution is -2.50. The summed E-state index contributed by atoms with van der Waals surface area (Å²) in [6, 6.07) is 4.17. The summed E-state index contributed by atoms with van der Waals surface area (Å²) in [5, 5.41) is 0. The van der Waals surface area contributed by atoms with Crippen molar-refractivity contribution in [3.05, 3.63) is 40.1 Å². The summed E-state index contributed by atoms with van der Waals surface area (Å²) >= 11 is 0. The van der Waals surface area contributed by atoms with Crippen molar-refractivity contribution in [3.8, 4) is 0 Å². The zero-order valence-corrected chi connectivity index (χ0v) is 20.7. The number of likely N-dealkylation sites (N-methyl/N-ethyl adjacent to an activating group) is 1.